The smallest absolute Gasteiger partial charge is 0.123 e. The van der Waals surface area contributed by atoms with Crippen molar-refractivity contribution in [1.82, 2.24) is 34.4 Å². The lowest BCUT2D eigenvalue weighted by Gasteiger charge is -2.41. The van der Waals surface area contributed by atoms with E-state index in [0.717, 1.165) is 44.8 Å². The molecule has 188 valence electrons. The number of hydrogen-bond acceptors (Lipinski definition) is 5. The van der Waals surface area contributed by atoms with E-state index < -0.39 is 0 Å². The zero-order valence-electron chi connectivity index (χ0n) is 21.1. The first kappa shape index (κ1) is 23.4. The van der Waals surface area contributed by atoms with E-state index in [1.54, 1.807) is 12.7 Å². The third kappa shape index (κ3) is 5.24. The summed E-state index contributed by atoms with van der Waals surface area (Å²) in [5.74, 6) is 0. The molecule has 0 aliphatic carbocycles. The van der Waals surface area contributed by atoms with Gasteiger partial charge in [0.15, 0.2) is 0 Å². The van der Waals surface area contributed by atoms with Crippen molar-refractivity contribution in [2.24, 2.45) is 0 Å². The van der Waals surface area contributed by atoms with Crippen molar-refractivity contribution < 1.29 is 0 Å². The molecular formula is C29H37N7. The fourth-order valence-electron chi connectivity index (χ4n) is 5.98. The van der Waals surface area contributed by atoms with Gasteiger partial charge in [-0.3, -0.25) is 9.47 Å². The van der Waals surface area contributed by atoms with Gasteiger partial charge in [0, 0.05) is 61.6 Å². The van der Waals surface area contributed by atoms with Gasteiger partial charge in [-0.15, -0.1) is 10.2 Å². The molecule has 0 bridgehead atoms. The van der Waals surface area contributed by atoms with Crippen molar-refractivity contribution in [3.63, 3.8) is 0 Å². The van der Waals surface area contributed by atoms with Gasteiger partial charge >= 0.3 is 0 Å². The van der Waals surface area contributed by atoms with E-state index in [0.29, 0.717) is 6.04 Å². The molecule has 6 rings (SSSR count). The minimum atomic E-state index is 0.512. The Morgan fingerprint density at radius 1 is 0.833 bits per heavy atom. The Balaban J connectivity index is 1.04. The first-order valence-electron chi connectivity index (χ1n) is 13.5. The fraction of sp³-hybridized carbons (Fsp3) is 0.448. The van der Waals surface area contributed by atoms with Gasteiger partial charge in [-0.1, -0.05) is 30.3 Å². The van der Waals surface area contributed by atoms with Crippen molar-refractivity contribution in [2.75, 3.05) is 52.4 Å². The highest BCUT2D eigenvalue weighted by atomic mass is 15.3. The van der Waals surface area contributed by atoms with E-state index in [2.05, 4.69) is 84.6 Å². The first-order chi connectivity index (χ1) is 17.8. The van der Waals surface area contributed by atoms with Crippen LogP contribution in [0.25, 0.3) is 16.6 Å². The average Bonchev–Trinajstić information content (AvgIpc) is 3.71. The van der Waals surface area contributed by atoms with E-state index in [1.165, 1.54) is 60.9 Å². The largest absolute Gasteiger partial charge is 0.361 e. The highest BCUT2D eigenvalue weighted by molar-refractivity contribution is 5.85. The number of fused-ring (bicyclic) bond motifs is 1. The third-order valence-corrected chi connectivity index (χ3v) is 8.05. The molecule has 0 saturated carbocycles. The van der Waals surface area contributed by atoms with Crippen LogP contribution in [0, 0.1) is 0 Å². The summed E-state index contributed by atoms with van der Waals surface area (Å²) in [6, 6.07) is 18.2. The molecule has 2 aliphatic rings. The monoisotopic (exact) mass is 483 g/mol. The molecule has 2 aromatic carbocycles. The SMILES string of the molecule is c1ccc(C(CN2CCCC2)N2CCN(CCCc3c[nH]c4ccc(-n5cnnc5)cc34)CC2)cc1. The fourth-order valence-corrected chi connectivity index (χ4v) is 5.98. The van der Waals surface area contributed by atoms with Gasteiger partial charge in [0.05, 0.1) is 0 Å². The molecule has 1 N–H and O–H groups in total. The van der Waals surface area contributed by atoms with Gasteiger partial charge in [0.25, 0.3) is 0 Å². The molecule has 4 heterocycles. The Morgan fingerprint density at radius 3 is 2.39 bits per heavy atom. The number of aromatic nitrogens is 4. The Bertz CT molecular complexity index is 1220. The maximum absolute atomic E-state index is 3.94. The maximum Gasteiger partial charge on any atom is 0.123 e. The van der Waals surface area contributed by atoms with Crippen LogP contribution < -0.4 is 0 Å². The summed E-state index contributed by atoms with van der Waals surface area (Å²) in [7, 11) is 0. The molecule has 4 aromatic rings. The molecule has 0 radical (unpaired) electrons. The van der Waals surface area contributed by atoms with E-state index in [4.69, 9.17) is 0 Å². The topological polar surface area (TPSA) is 56.2 Å². The predicted molar refractivity (Wildman–Crippen MR) is 144 cm³/mol. The minimum absolute atomic E-state index is 0.512. The normalized spacial score (nSPS) is 18.8. The van der Waals surface area contributed by atoms with Crippen molar-refractivity contribution in [1.29, 1.82) is 0 Å². The second kappa shape index (κ2) is 10.9. The van der Waals surface area contributed by atoms with E-state index >= 15 is 0 Å². The van der Waals surface area contributed by atoms with Crippen LogP contribution in [0.4, 0.5) is 0 Å². The second-order valence-corrected chi connectivity index (χ2v) is 10.3. The van der Waals surface area contributed by atoms with Gasteiger partial charge in [-0.2, -0.15) is 0 Å². The quantitative estimate of drug-likeness (QED) is 0.388. The van der Waals surface area contributed by atoms with E-state index in [1.807, 2.05) is 4.57 Å². The molecule has 0 spiro atoms. The lowest BCUT2D eigenvalue weighted by atomic mass is 10.0. The molecule has 7 nitrogen and oxygen atoms in total. The van der Waals surface area contributed by atoms with Crippen LogP contribution in [0.1, 0.15) is 36.4 Å². The summed E-state index contributed by atoms with van der Waals surface area (Å²) in [5, 5.41) is 9.19. The summed E-state index contributed by atoms with van der Waals surface area (Å²) in [4.78, 5) is 11.5. The summed E-state index contributed by atoms with van der Waals surface area (Å²) < 4.78 is 1.96. The number of aryl methyl sites for hydroxylation is 1. The van der Waals surface area contributed by atoms with Crippen molar-refractivity contribution in [2.45, 2.75) is 31.7 Å². The number of H-pyrrole nitrogens is 1. The highest BCUT2D eigenvalue weighted by Gasteiger charge is 2.27. The number of rotatable bonds is 9. The maximum atomic E-state index is 3.94. The number of nitrogens with zero attached hydrogens (tertiary/aromatic N) is 6. The van der Waals surface area contributed by atoms with Crippen LogP contribution in [-0.4, -0.2) is 86.8 Å². The Morgan fingerprint density at radius 2 is 1.61 bits per heavy atom. The second-order valence-electron chi connectivity index (χ2n) is 10.3. The van der Waals surface area contributed by atoms with Crippen LogP contribution in [-0.2, 0) is 6.42 Å². The molecule has 2 aromatic heterocycles. The highest BCUT2D eigenvalue weighted by Crippen LogP contribution is 2.26. The summed E-state index contributed by atoms with van der Waals surface area (Å²) in [6.07, 6.45) is 10.7. The number of aromatic amines is 1. The molecule has 1 atom stereocenters. The van der Waals surface area contributed by atoms with Gasteiger partial charge in [0.1, 0.15) is 12.7 Å². The number of hydrogen-bond donors (Lipinski definition) is 1. The zero-order chi connectivity index (χ0) is 24.2. The van der Waals surface area contributed by atoms with Crippen LogP contribution in [0.15, 0.2) is 67.4 Å². The number of nitrogens with one attached hydrogen (secondary N) is 1. The number of piperazine rings is 1. The van der Waals surface area contributed by atoms with Crippen LogP contribution in [0.3, 0.4) is 0 Å². The Labute approximate surface area is 213 Å². The molecule has 2 saturated heterocycles. The number of likely N-dealkylation sites (tertiary alicyclic amines) is 1. The molecule has 36 heavy (non-hydrogen) atoms. The summed E-state index contributed by atoms with van der Waals surface area (Å²) >= 11 is 0. The van der Waals surface area contributed by atoms with Crippen LogP contribution in [0.2, 0.25) is 0 Å². The standard InChI is InChI=1S/C29H37N7/c1-2-7-24(8-3-1)29(21-34-12-4-5-13-34)35-17-15-33(16-18-35)14-6-9-25-20-30-28-11-10-26(19-27(25)28)36-22-31-32-23-36/h1-3,7-8,10-11,19-20,22-23,29-30H,4-6,9,12-18,21H2. The summed E-state index contributed by atoms with van der Waals surface area (Å²) in [6.45, 7) is 9.49. The van der Waals surface area contributed by atoms with Gasteiger partial charge < -0.3 is 14.8 Å². The minimum Gasteiger partial charge on any atom is -0.361 e. The van der Waals surface area contributed by atoms with Crippen molar-refractivity contribution >= 4 is 10.9 Å². The third-order valence-electron chi connectivity index (χ3n) is 8.05. The molecular weight excluding hydrogens is 446 g/mol. The zero-order valence-corrected chi connectivity index (χ0v) is 21.1. The lowest BCUT2D eigenvalue weighted by Crippen LogP contribution is -2.49. The Kier molecular flexibility index (Phi) is 7.12. The van der Waals surface area contributed by atoms with E-state index in [-0.39, 0.29) is 0 Å². The molecule has 1 unspecified atom stereocenters. The molecule has 2 aliphatic heterocycles. The average molecular weight is 484 g/mol. The van der Waals surface area contributed by atoms with Gasteiger partial charge in [0.2, 0.25) is 0 Å². The van der Waals surface area contributed by atoms with Crippen LogP contribution in [0.5, 0.6) is 0 Å². The molecule has 2 fully saturated rings. The van der Waals surface area contributed by atoms with Gasteiger partial charge in [-0.25, -0.2) is 0 Å². The lowest BCUT2D eigenvalue weighted by molar-refractivity contribution is 0.0784. The predicted octanol–water partition coefficient (Wildman–Crippen LogP) is 4.14. The van der Waals surface area contributed by atoms with E-state index in [9.17, 15) is 0 Å². The van der Waals surface area contributed by atoms with Crippen molar-refractivity contribution in [3.8, 4) is 5.69 Å². The molecule has 7 heteroatoms. The summed E-state index contributed by atoms with van der Waals surface area (Å²) in [5.41, 5.74) is 5.17. The first-order valence-corrected chi connectivity index (χ1v) is 13.5. The van der Waals surface area contributed by atoms with Gasteiger partial charge in [-0.05, 0) is 74.6 Å². The molecule has 0 amide bonds. The van der Waals surface area contributed by atoms with Crippen molar-refractivity contribution in [3.05, 3.63) is 78.5 Å². The van der Waals surface area contributed by atoms with Crippen LogP contribution >= 0.6 is 0 Å². The Hall–Kier alpha value is -3.00. The number of benzene rings is 2.